The Morgan fingerprint density at radius 3 is 2.45 bits per heavy atom. The Morgan fingerprint density at radius 1 is 1.19 bits per heavy atom. The number of nitrogens with zero attached hydrogens (tertiary/aromatic N) is 2. The van der Waals surface area contributed by atoms with Gasteiger partial charge in [0.1, 0.15) is 11.4 Å². The number of rotatable bonds is 8. The minimum absolute atomic E-state index is 0.0146. The Morgan fingerprint density at radius 2 is 1.84 bits per heavy atom. The summed E-state index contributed by atoms with van der Waals surface area (Å²) in [6, 6.07) is 4.26. The highest BCUT2D eigenvalue weighted by Gasteiger charge is 2.35. The molecule has 4 N–H and O–H groups in total. The summed E-state index contributed by atoms with van der Waals surface area (Å²) in [5.41, 5.74) is 9.67. The molecule has 0 atom stereocenters. The number of benzene rings is 1. The van der Waals surface area contributed by atoms with Gasteiger partial charge in [0.05, 0.1) is 25.3 Å². The summed E-state index contributed by atoms with van der Waals surface area (Å²) < 4.78 is 49.4. The SMILES string of the molecule is C/C(N)=C(\C(=O)OCC(=O)c1ccccc1C(F)(F)F)C(N)=NCCN1CCOCC1. The van der Waals surface area contributed by atoms with Crippen LogP contribution >= 0.6 is 0 Å². The van der Waals surface area contributed by atoms with Gasteiger partial charge in [-0.2, -0.15) is 13.2 Å². The molecule has 170 valence electrons. The highest BCUT2D eigenvalue weighted by atomic mass is 19.4. The summed E-state index contributed by atoms with van der Waals surface area (Å²) in [6.07, 6.45) is -4.72. The summed E-state index contributed by atoms with van der Waals surface area (Å²) in [4.78, 5) is 30.9. The van der Waals surface area contributed by atoms with Gasteiger partial charge < -0.3 is 20.9 Å². The molecule has 2 rings (SSSR count). The average Bonchev–Trinajstić information content (AvgIpc) is 2.72. The number of ketones is 1. The van der Waals surface area contributed by atoms with Crippen molar-refractivity contribution in [1.29, 1.82) is 0 Å². The molecule has 0 saturated carbocycles. The van der Waals surface area contributed by atoms with Crippen molar-refractivity contribution >= 4 is 17.6 Å². The van der Waals surface area contributed by atoms with Gasteiger partial charge in [-0.1, -0.05) is 18.2 Å². The molecule has 0 amide bonds. The molecule has 1 aliphatic heterocycles. The zero-order valence-electron chi connectivity index (χ0n) is 17.1. The number of halogens is 3. The molecule has 1 aromatic carbocycles. The number of carbonyl (C=O) groups excluding carboxylic acids is 2. The summed E-state index contributed by atoms with van der Waals surface area (Å²) in [5, 5.41) is 0. The molecule has 1 heterocycles. The van der Waals surface area contributed by atoms with Crippen LogP contribution in [0.15, 0.2) is 40.5 Å². The number of hydrogen-bond donors (Lipinski definition) is 2. The van der Waals surface area contributed by atoms with Crippen LogP contribution in [0.5, 0.6) is 0 Å². The van der Waals surface area contributed by atoms with Crippen molar-refractivity contribution in [1.82, 2.24) is 4.90 Å². The fourth-order valence-electron chi connectivity index (χ4n) is 2.94. The first-order chi connectivity index (χ1) is 14.6. The third-order valence-electron chi connectivity index (χ3n) is 4.52. The number of carbonyl (C=O) groups is 2. The molecule has 1 saturated heterocycles. The zero-order chi connectivity index (χ0) is 23.0. The number of morpholine rings is 1. The molecule has 0 radical (unpaired) electrons. The standard InChI is InChI=1S/C20H25F3N4O4/c1-13(24)17(18(25)26-6-7-27-8-10-30-11-9-27)19(29)31-12-16(28)14-4-2-3-5-15(14)20(21,22)23/h2-5H,6-12,24H2,1H3,(H2,25,26)/b17-13+. The van der Waals surface area contributed by atoms with Gasteiger partial charge in [0.15, 0.2) is 6.61 Å². The monoisotopic (exact) mass is 442 g/mol. The van der Waals surface area contributed by atoms with Crippen molar-refractivity contribution in [3.63, 3.8) is 0 Å². The van der Waals surface area contributed by atoms with Gasteiger partial charge in [-0.15, -0.1) is 0 Å². The minimum Gasteiger partial charge on any atom is -0.454 e. The number of esters is 1. The molecular formula is C20H25F3N4O4. The highest BCUT2D eigenvalue weighted by molar-refractivity contribution is 6.19. The lowest BCUT2D eigenvalue weighted by atomic mass is 10.0. The number of hydrogen-bond acceptors (Lipinski definition) is 7. The van der Waals surface area contributed by atoms with E-state index in [-0.39, 0.29) is 17.1 Å². The van der Waals surface area contributed by atoms with Gasteiger partial charge in [0.2, 0.25) is 5.78 Å². The average molecular weight is 442 g/mol. The second-order valence-electron chi connectivity index (χ2n) is 6.82. The molecule has 1 aliphatic rings. The van der Waals surface area contributed by atoms with E-state index in [2.05, 4.69) is 9.89 Å². The van der Waals surface area contributed by atoms with E-state index in [0.29, 0.717) is 26.3 Å². The van der Waals surface area contributed by atoms with Gasteiger partial charge in [-0.05, 0) is 13.0 Å². The quantitative estimate of drug-likeness (QED) is 0.205. The third kappa shape index (κ3) is 7.07. The van der Waals surface area contributed by atoms with Crippen LogP contribution in [-0.2, 0) is 20.4 Å². The summed E-state index contributed by atoms with van der Waals surface area (Å²) >= 11 is 0. The lowest BCUT2D eigenvalue weighted by Gasteiger charge is -2.25. The maximum Gasteiger partial charge on any atom is 0.417 e. The van der Waals surface area contributed by atoms with Crippen LogP contribution in [0.25, 0.3) is 0 Å². The first kappa shape index (κ1) is 24.4. The summed E-state index contributed by atoms with van der Waals surface area (Å²) in [7, 11) is 0. The molecule has 31 heavy (non-hydrogen) atoms. The van der Waals surface area contributed by atoms with Gasteiger partial charge >= 0.3 is 12.1 Å². The first-order valence-corrected chi connectivity index (χ1v) is 9.54. The third-order valence-corrected chi connectivity index (χ3v) is 4.52. The van der Waals surface area contributed by atoms with E-state index in [4.69, 9.17) is 20.9 Å². The Labute approximate surface area is 177 Å². The number of amidine groups is 1. The van der Waals surface area contributed by atoms with E-state index < -0.39 is 35.7 Å². The van der Waals surface area contributed by atoms with Crippen LogP contribution in [0.4, 0.5) is 13.2 Å². The number of Topliss-reactive ketones (excluding diaryl/α,β-unsaturated/α-hetero) is 1. The van der Waals surface area contributed by atoms with Crippen molar-refractivity contribution in [2.24, 2.45) is 16.5 Å². The van der Waals surface area contributed by atoms with Crippen LogP contribution in [0.1, 0.15) is 22.8 Å². The second-order valence-corrected chi connectivity index (χ2v) is 6.82. The second kappa shape index (κ2) is 10.9. The van der Waals surface area contributed by atoms with Crippen LogP contribution in [-0.4, -0.2) is 68.5 Å². The van der Waals surface area contributed by atoms with Crippen LogP contribution in [0.3, 0.4) is 0 Å². The molecule has 0 aliphatic carbocycles. The topological polar surface area (TPSA) is 120 Å². The number of alkyl halides is 3. The Balaban J connectivity index is 2.00. The van der Waals surface area contributed by atoms with Crippen LogP contribution in [0.2, 0.25) is 0 Å². The van der Waals surface area contributed by atoms with E-state index in [9.17, 15) is 22.8 Å². The molecule has 1 aromatic rings. The Bertz CT molecular complexity index is 858. The van der Waals surface area contributed by atoms with E-state index in [1.807, 2.05) is 0 Å². The van der Waals surface area contributed by atoms with Gasteiger partial charge in [0.25, 0.3) is 0 Å². The minimum atomic E-state index is -4.72. The molecule has 11 heteroatoms. The molecular weight excluding hydrogens is 417 g/mol. The molecule has 0 unspecified atom stereocenters. The molecule has 8 nitrogen and oxygen atoms in total. The molecule has 1 fully saturated rings. The first-order valence-electron chi connectivity index (χ1n) is 9.54. The molecule has 0 aromatic heterocycles. The van der Waals surface area contributed by atoms with Gasteiger partial charge in [-0.3, -0.25) is 14.7 Å². The Kier molecular flexibility index (Phi) is 8.57. The lowest BCUT2D eigenvalue weighted by molar-refractivity contribution is -0.138. The van der Waals surface area contributed by atoms with Crippen molar-refractivity contribution in [3.05, 3.63) is 46.7 Å². The van der Waals surface area contributed by atoms with Gasteiger partial charge in [-0.25, -0.2) is 4.79 Å². The number of nitrogens with two attached hydrogens (primary N) is 2. The highest BCUT2D eigenvalue weighted by Crippen LogP contribution is 2.32. The van der Waals surface area contributed by atoms with Gasteiger partial charge in [0, 0.05) is 30.9 Å². The number of allylic oxidation sites excluding steroid dienone is 1. The van der Waals surface area contributed by atoms with E-state index in [1.165, 1.54) is 13.0 Å². The van der Waals surface area contributed by atoms with Crippen LogP contribution < -0.4 is 11.5 Å². The van der Waals surface area contributed by atoms with Crippen molar-refractivity contribution in [3.8, 4) is 0 Å². The Hall–Kier alpha value is -2.92. The van der Waals surface area contributed by atoms with Crippen molar-refractivity contribution in [2.45, 2.75) is 13.1 Å². The fraction of sp³-hybridized carbons (Fsp3) is 0.450. The predicted octanol–water partition coefficient (Wildman–Crippen LogP) is 1.35. The zero-order valence-corrected chi connectivity index (χ0v) is 17.1. The van der Waals surface area contributed by atoms with E-state index in [0.717, 1.165) is 31.3 Å². The summed E-state index contributed by atoms with van der Waals surface area (Å²) in [6.45, 7) is 4.19. The van der Waals surface area contributed by atoms with E-state index >= 15 is 0 Å². The maximum absolute atomic E-state index is 13.1. The number of ether oxygens (including phenoxy) is 2. The summed E-state index contributed by atoms with van der Waals surface area (Å²) in [5.74, 6) is -2.20. The van der Waals surface area contributed by atoms with Crippen molar-refractivity contribution in [2.75, 3.05) is 46.0 Å². The molecule has 0 bridgehead atoms. The largest absolute Gasteiger partial charge is 0.454 e. The smallest absolute Gasteiger partial charge is 0.417 e. The normalized spacial score (nSPS) is 16.6. The maximum atomic E-state index is 13.1. The molecule has 0 spiro atoms. The predicted molar refractivity (Wildman–Crippen MR) is 107 cm³/mol. The van der Waals surface area contributed by atoms with Crippen LogP contribution in [0, 0.1) is 0 Å². The van der Waals surface area contributed by atoms with Crippen molar-refractivity contribution < 1.29 is 32.2 Å². The van der Waals surface area contributed by atoms with E-state index in [1.54, 1.807) is 0 Å². The lowest BCUT2D eigenvalue weighted by Crippen LogP contribution is -2.38. The number of aliphatic imine (C=N–C) groups is 1. The fourth-order valence-corrected chi connectivity index (χ4v) is 2.94.